The number of rotatable bonds is 6. The van der Waals surface area contributed by atoms with Crippen LogP contribution in [0.2, 0.25) is 5.02 Å². The zero-order valence-corrected chi connectivity index (χ0v) is 17.6. The van der Waals surface area contributed by atoms with Crippen LogP contribution in [-0.2, 0) is 0 Å². The van der Waals surface area contributed by atoms with Crippen LogP contribution in [0.15, 0.2) is 36.7 Å². The predicted octanol–water partition coefficient (Wildman–Crippen LogP) is 4.29. The number of hydrogen-bond donors (Lipinski definition) is 1. The molecule has 148 valence electrons. The van der Waals surface area contributed by atoms with Gasteiger partial charge in [-0.05, 0) is 50.1 Å². The molecule has 2 aromatic heterocycles. The number of fused-ring (bicyclic) bond motifs is 1. The molecule has 3 heterocycles. The summed E-state index contributed by atoms with van der Waals surface area (Å²) in [4.78, 5) is 15.1. The molecule has 1 aromatic carbocycles. The topological polar surface area (TPSA) is 52.5 Å². The molecule has 4 rings (SSSR count). The van der Waals surface area contributed by atoms with Crippen molar-refractivity contribution in [3.8, 4) is 10.4 Å². The smallest absolute Gasteiger partial charge is 0.150 e. The van der Waals surface area contributed by atoms with Crippen LogP contribution in [0.3, 0.4) is 0 Å². The fourth-order valence-corrected chi connectivity index (χ4v) is 5.10. The molecule has 3 aromatic rings. The van der Waals surface area contributed by atoms with E-state index in [9.17, 15) is 0 Å². The number of nitrogens with zero attached hydrogens (tertiary/aromatic N) is 4. The number of piperidine rings is 1. The van der Waals surface area contributed by atoms with E-state index < -0.39 is 0 Å². The lowest BCUT2D eigenvalue weighted by molar-refractivity contribution is 0.184. The van der Waals surface area contributed by atoms with Crippen molar-refractivity contribution in [2.75, 3.05) is 38.2 Å². The van der Waals surface area contributed by atoms with Gasteiger partial charge in [0.2, 0.25) is 0 Å². The van der Waals surface area contributed by atoms with E-state index in [4.69, 9.17) is 16.7 Å². The summed E-state index contributed by atoms with van der Waals surface area (Å²) < 4.78 is 1.15. The van der Waals surface area contributed by atoms with E-state index in [1.54, 1.807) is 17.7 Å². The monoisotopic (exact) mass is 416 g/mol. The van der Waals surface area contributed by atoms with Crippen LogP contribution in [0.25, 0.3) is 20.7 Å². The third kappa shape index (κ3) is 4.15. The molecule has 0 atom stereocenters. The molecule has 28 heavy (non-hydrogen) atoms. The van der Waals surface area contributed by atoms with E-state index in [2.05, 4.69) is 32.9 Å². The molecule has 0 unspecified atom stereocenters. The second-order valence-electron chi connectivity index (χ2n) is 7.31. The molecule has 7 heteroatoms. The molecule has 1 aliphatic rings. The Balaban J connectivity index is 1.52. The van der Waals surface area contributed by atoms with Crippen molar-refractivity contribution < 1.29 is 5.11 Å². The highest BCUT2D eigenvalue weighted by Gasteiger charge is 2.24. The van der Waals surface area contributed by atoms with Crippen molar-refractivity contribution in [1.29, 1.82) is 0 Å². The Morgan fingerprint density at radius 3 is 2.68 bits per heavy atom. The Kier molecular flexibility index (Phi) is 6.11. The van der Waals surface area contributed by atoms with Crippen molar-refractivity contribution in [2.45, 2.75) is 25.3 Å². The van der Waals surface area contributed by atoms with E-state index in [0.717, 1.165) is 65.5 Å². The summed E-state index contributed by atoms with van der Waals surface area (Å²) in [6.45, 7) is 3.20. The van der Waals surface area contributed by atoms with Crippen LogP contribution in [0.5, 0.6) is 0 Å². The average Bonchev–Trinajstić information content (AvgIpc) is 3.17. The molecular weight excluding hydrogens is 392 g/mol. The Morgan fingerprint density at radius 2 is 1.96 bits per heavy atom. The molecule has 0 spiro atoms. The highest BCUT2D eigenvalue weighted by atomic mass is 35.5. The summed E-state index contributed by atoms with van der Waals surface area (Å²) >= 11 is 7.77. The normalized spacial score (nSPS) is 15.6. The average molecular weight is 417 g/mol. The number of hydrogen-bond acceptors (Lipinski definition) is 6. The Bertz CT molecular complexity index is 922. The first-order chi connectivity index (χ1) is 13.7. The van der Waals surface area contributed by atoms with Gasteiger partial charge in [-0.1, -0.05) is 23.7 Å². The van der Waals surface area contributed by atoms with Gasteiger partial charge < -0.3 is 14.9 Å². The van der Waals surface area contributed by atoms with Gasteiger partial charge in [-0.15, -0.1) is 11.3 Å². The van der Waals surface area contributed by atoms with Crippen molar-refractivity contribution in [2.24, 2.45) is 0 Å². The lowest BCUT2D eigenvalue weighted by Gasteiger charge is -2.37. The van der Waals surface area contributed by atoms with Crippen LogP contribution in [0.4, 0.5) is 5.82 Å². The van der Waals surface area contributed by atoms with Crippen molar-refractivity contribution in [3.63, 3.8) is 0 Å². The SMILES string of the molecule is CN(CCCO)C1CCN(c2ncnc3cc(-c4ccc(Cl)cc4)sc23)CC1. The van der Waals surface area contributed by atoms with Gasteiger partial charge in [-0.3, -0.25) is 0 Å². The van der Waals surface area contributed by atoms with Gasteiger partial charge in [0.05, 0.1) is 10.2 Å². The molecule has 1 aliphatic heterocycles. The first-order valence-corrected chi connectivity index (χ1v) is 10.9. The van der Waals surface area contributed by atoms with Crippen molar-refractivity contribution >= 4 is 39.0 Å². The summed E-state index contributed by atoms with van der Waals surface area (Å²) in [7, 11) is 2.16. The molecular formula is C21H25ClN4OS. The van der Waals surface area contributed by atoms with E-state index in [1.165, 1.54) is 4.88 Å². The molecule has 0 bridgehead atoms. The summed E-state index contributed by atoms with van der Waals surface area (Å²) in [5.41, 5.74) is 2.16. The Morgan fingerprint density at radius 1 is 1.21 bits per heavy atom. The number of halogens is 1. The van der Waals surface area contributed by atoms with Crippen molar-refractivity contribution in [3.05, 3.63) is 41.7 Å². The van der Waals surface area contributed by atoms with Gasteiger partial charge in [0.15, 0.2) is 0 Å². The highest BCUT2D eigenvalue weighted by Crippen LogP contribution is 2.37. The van der Waals surface area contributed by atoms with E-state index >= 15 is 0 Å². The molecule has 1 saturated heterocycles. The number of aliphatic hydroxyl groups excluding tert-OH is 1. The van der Waals surface area contributed by atoms with E-state index in [1.807, 2.05) is 24.3 Å². The summed E-state index contributed by atoms with van der Waals surface area (Å²) in [6.07, 6.45) is 4.74. The van der Waals surface area contributed by atoms with Gasteiger partial charge in [-0.25, -0.2) is 9.97 Å². The van der Waals surface area contributed by atoms with Crippen LogP contribution in [0, 0.1) is 0 Å². The molecule has 0 amide bonds. The Hall–Kier alpha value is -1.73. The second-order valence-corrected chi connectivity index (χ2v) is 8.79. The zero-order valence-electron chi connectivity index (χ0n) is 16.0. The van der Waals surface area contributed by atoms with Crippen molar-refractivity contribution in [1.82, 2.24) is 14.9 Å². The summed E-state index contributed by atoms with van der Waals surface area (Å²) in [5, 5.41) is 9.80. The minimum atomic E-state index is 0.260. The lowest BCUT2D eigenvalue weighted by Crippen LogP contribution is -2.44. The highest BCUT2D eigenvalue weighted by molar-refractivity contribution is 7.22. The van der Waals surface area contributed by atoms with Crippen LogP contribution >= 0.6 is 22.9 Å². The molecule has 1 fully saturated rings. The lowest BCUT2D eigenvalue weighted by atomic mass is 10.0. The van der Waals surface area contributed by atoms with Crippen LogP contribution < -0.4 is 4.90 Å². The van der Waals surface area contributed by atoms with Gasteiger partial charge in [0.1, 0.15) is 12.1 Å². The van der Waals surface area contributed by atoms with Gasteiger partial charge in [-0.2, -0.15) is 0 Å². The fraction of sp³-hybridized carbons (Fsp3) is 0.429. The number of aliphatic hydroxyl groups is 1. The molecule has 0 radical (unpaired) electrons. The van der Waals surface area contributed by atoms with Crippen LogP contribution in [-0.4, -0.2) is 59.3 Å². The van der Waals surface area contributed by atoms with Gasteiger partial charge in [0.25, 0.3) is 0 Å². The zero-order chi connectivity index (χ0) is 19.5. The number of anilines is 1. The van der Waals surface area contributed by atoms with E-state index in [-0.39, 0.29) is 6.61 Å². The Labute approximate surface area is 174 Å². The first kappa shape index (κ1) is 19.6. The molecule has 0 aliphatic carbocycles. The maximum absolute atomic E-state index is 9.05. The maximum Gasteiger partial charge on any atom is 0.150 e. The fourth-order valence-electron chi connectivity index (χ4n) is 3.84. The van der Waals surface area contributed by atoms with Gasteiger partial charge >= 0.3 is 0 Å². The maximum atomic E-state index is 9.05. The minimum Gasteiger partial charge on any atom is -0.396 e. The largest absolute Gasteiger partial charge is 0.396 e. The third-order valence-corrected chi connectivity index (χ3v) is 6.90. The first-order valence-electron chi connectivity index (χ1n) is 9.72. The predicted molar refractivity (Wildman–Crippen MR) is 117 cm³/mol. The summed E-state index contributed by atoms with van der Waals surface area (Å²) in [5.74, 6) is 1.05. The number of thiophene rings is 1. The molecule has 1 N–H and O–H groups in total. The third-order valence-electron chi connectivity index (χ3n) is 5.48. The quantitative estimate of drug-likeness (QED) is 0.649. The van der Waals surface area contributed by atoms with E-state index in [0.29, 0.717) is 6.04 Å². The van der Waals surface area contributed by atoms with Gasteiger partial charge in [0, 0.05) is 42.2 Å². The van der Waals surface area contributed by atoms with Crippen LogP contribution in [0.1, 0.15) is 19.3 Å². The second kappa shape index (κ2) is 8.74. The minimum absolute atomic E-state index is 0.260. The summed E-state index contributed by atoms with van der Waals surface area (Å²) in [6, 6.07) is 10.7. The molecule has 5 nitrogen and oxygen atoms in total. The standard InChI is InChI=1S/C21H25ClN4OS/c1-25(9-2-12-27)17-7-10-26(11-8-17)21-20-18(23-14-24-21)13-19(28-20)15-3-5-16(22)6-4-15/h3-6,13-14,17,27H,2,7-12H2,1H3. The number of benzene rings is 1. The molecule has 0 saturated carbocycles. The number of aromatic nitrogens is 2.